The number of ether oxygens (including phenoxy) is 1. The van der Waals surface area contributed by atoms with E-state index >= 15 is 0 Å². The number of nitrogens with zero attached hydrogens (tertiary/aromatic N) is 3. The third-order valence-electron chi connectivity index (χ3n) is 7.38. The zero-order valence-electron chi connectivity index (χ0n) is 21.9. The molecule has 212 valence electrons. The maximum Gasteiger partial charge on any atom is 0.301 e. The third kappa shape index (κ3) is 6.19. The van der Waals surface area contributed by atoms with E-state index in [2.05, 4.69) is 10.3 Å². The van der Waals surface area contributed by atoms with Crippen LogP contribution in [0, 0.1) is 17.2 Å². The van der Waals surface area contributed by atoms with Crippen LogP contribution in [-0.4, -0.2) is 69.7 Å². The average Bonchev–Trinajstić information content (AvgIpc) is 3.79. The van der Waals surface area contributed by atoms with E-state index in [1.165, 1.54) is 12.1 Å². The molecule has 5 rings (SSSR count). The first kappa shape index (κ1) is 28.1. The highest BCUT2D eigenvalue weighted by Crippen LogP contribution is 2.47. The molecule has 2 fully saturated rings. The summed E-state index contributed by atoms with van der Waals surface area (Å²) in [6.45, 7) is -1.94. The molecule has 2 heterocycles. The van der Waals surface area contributed by atoms with Gasteiger partial charge in [-0.15, -0.1) is 0 Å². The predicted molar refractivity (Wildman–Crippen MR) is 144 cm³/mol. The molecule has 1 saturated carbocycles. The number of amides is 2. The average molecular weight is 563 g/mol. The fourth-order valence-corrected chi connectivity index (χ4v) is 5.05. The van der Waals surface area contributed by atoms with Crippen LogP contribution in [0.15, 0.2) is 67.0 Å². The number of hydrogen-bond acceptors (Lipinski definition) is 7. The Bertz CT molecular complexity index is 1480. The van der Waals surface area contributed by atoms with Crippen LogP contribution in [0.25, 0.3) is 11.1 Å². The molecule has 0 spiro atoms. The summed E-state index contributed by atoms with van der Waals surface area (Å²) >= 11 is 0. The van der Waals surface area contributed by atoms with Gasteiger partial charge >= 0.3 is 5.92 Å². The molecule has 11 heteroatoms. The molecule has 0 unspecified atom stereocenters. The van der Waals surface area contributed by atoms with E-state index in [1.807, 2.05) is 24.3 Å². The molecule has 2 aliphatic rings. The van der Waals surface area contributed by atoms with Gasteiger partial charge in [0.1, 0.15) is 11.8 Å². The fraction of sp³-hybridized carbons (Fsp3) is 0.333. The van der Waals surface area contributed by atoms with Gasteiger partial charge in [0.05, 0.1) is 18.7 Å². The number of anilines is 1. The molecule has 1 aliphatic heterocycles. The molecule has 41 heavy (non-hydrogen) atoms. The summed E-state index contributed by atoms with van der Waals surface area (Å²) in [5.41, 5.74) is 3.03. The molecular formula is C30H28F2N4O5. The zero-order valence-corrected chi connectivity index (χ0v) is 21.9. The van der Waals surface area contributed by atoms with E-state index in [-0.39, 0.29) is 42.0 Å². The SMILES string of the molecule is N#Cc1cc(-c2cccc(NC(=O)[C@@H]3C[C@H]3c3cccnc3)c2)ccc1O[C@H]1CCN(C(=O)[C@@H](O)CO)CC1(F)F. The predicted octanol–water partition coefficient (Wildman–Crippen LogP) is 3.33. The number of carbonyl (C=O) groups excluding carboxylic acids is 2. The Morgan fingerprint density at radius 3 is 2.71 bits per heavy atom. The van der Waals surface area contributed by atoms with Gasteiger partial charge in [-0.25, -0.2) is 8.78 Å². The van der Waals surface area contributed by atoms with Gasteiger partial charge in [0.25, 0.3) is 5.91 Å². The quantitative estimate of drug-likeness (QED) is 0.383. The number of pyridine rings is 1. The minimum atomic E-state index is -3.45. The van der Waals surface area contributed by atoms with Gasteiger partial charge in [0.2, 0.25) is 5.91 Å². The molecule has 2 amide bonds. The first-order valence-corrected chi connectivity index (χ1v) is 13.2. The van der Waals surface area contributed by atoms with Crippen molar-refractivity contribution >= 4 is 17.5 Å². The number of likely N-dealkylation sites (tertiary alicyclic amines) is 1. The van der Waals surface area contributed by atoms with E-state index < -0.39 is 37.2 Å². The minimum Gasteiger partial charge on any atom is -0.483 e. The smallest absolute Gasteiger partial charge is 0.301 e. The topological polar surface area (TPSA) is 136 Å². The lowest BCUT2D eigenvalue weighted by molar-refractivity contribution is -0.167. The van der Waals surface area contributed by atoms with Gasteiger partial charge in [-0.1, -0.05) is 24.3 Å². The lowest BCUT2D eigenvalue weighted by Gasteiger charge is -2.38. The molecule has 1 aliphatic carbocycles. The number of carbonyl (C=O) groups is 2. The number of halogens is 2. The van der Waals surface area contributed by atoms with Crippen LogP contribution in [0.2, 0.25) is 0 Å². The lowest BCUT2D eigenvalue weighted by atomic mass is 10.0. The summed E-state index contributed by atoms with van der Waals surface area (Å²) < 4.78 is 35.3. The summed E-state index contributed by atoms with van der Waals surface area (Å²) in [5, 5.41) is 31.1. The van der Waals surface area contributed by atoms with Crippen molar-refractivity contribution in [3.05, 3.63) is 78.1 Å². The van der Waals surface area contributed by atoms with Crippen molar-refractivity contribution in [3.8, 4) is 22.9 Å². The number of benzene rings is 2. The first-order valence-electron chi connectivity index (χ1n) is 13.2. The standard InChI is InChI=1S/C30H28F2N4O5/c31-30(32)17-36(29(40)25(38)16-37)10-8-27(30)41-26-7-6-19(11-21(26)14-33)18-3-1-5-22(12-18)35-28(39)24-13-23(24)20-4-2-9-34-15-20/h1-7,9,11-12,15,23-25,27,37-38H,8,10,13,16-17H2,(H,35,39)/t23-,24+,25-,27-/m0/s1. The van der Waals surface area contributed by atoms with Gasteiger partial charge in [-0.05, 0) is 59.4 Å². The lowest BCUT2D eigenvalue weighted by Crippen LogP contribution is -2.57. The Hall–Kier alpha value is -4.40. The molecule has 0 radical (unpaired) electrons. The minimum absolute atomic E-state index is 0.0178. The van der Waals surface area contributed by atoms with Crippen molar-refractivity contribution in [2.75, 3.05) is 25.0 Å². The number of aromatic nitrogens is 1. The van der Waals surface area contributed by atoms with E-state index in [0.29, 0.717) is 16.8 Å². The number of aliphatic hydroxyl groups is 2. The van der Waals surface area contributed by atoms with Crippen molar-refractivity contribution in [1.29, 1.82) is 5.26 Å². The number of rotatable bonds is 8. The highest BCUT2D eigenvalue weighted by Gasteiger charge is 2.48. The number of piperidine rings is 1. The molecule has 1 aromatic heterocycles. The summed E-state index contributed by atoms with van der Waals surface area (Å²) in [6, 6.07) is 17.6. The highest BCUT2D eigenvalue weighted by atomic mass is 19.3. The Morgan fingerprint density at radius 1 is 1.20 bits per heavy atom. The summed E-state index contributed by atoms with van der Waals surface area (Å²) in [4.78, 5) is 29.7. The second-order valence-corrected chi connectivity index (χ2v) is 10.2. The zero-order chi connectivity index (χ0) is 29.1. The van der Waals surface area contributed by atoms with Gasteiger partial charge in [-0.3, -0.25) is 14.6 Å². The first-order chi connectivity index (χ1) is 19.7. The van der Waals surface area contributed by atoms with E-state index in [1.54, 1.807) is 36.7 Å². The number of nitriles is 1. The Balaban J connectivity index is 1.25. The monoisotopic (exact) mass is 562 g/mol. The van der Waals surface area contributed by atoms with Crippen LogP contribution in [0.5, 0.6) is 5.75 Å². The van der Waals surface area contributed by atoms with Crippen molar-refractivity contribution in [2.45, 2.75) is 36.9 Å². The largest absolute Gasteiger partial charge is 0.483 e. The summed E-state index contributed by atoms with van der Waals surface area (Å²) in [5.74, 6) is -4.51. The van der Waals surface area contributed by atoms with Gasteiger partial charge in [0.15, 0.2) is 12.2 Å². The second-order valence-electron chi connectivity index (χ2n) is 10.2. The van der Waals surface area contributed by atoms with Crippen LogP contribution in [0.3, 0.4) is 0 Å². The number of alkyl halides is 2. The molecule has 1 saturated heterocycles. The van der Waals surface area contributed by atoms with Crippen molar-refractivity contribution in [1.82, 2.24) is 9.88 Å². The number of hydrogen-bond donors (Lipinski definition) is 3. The highest BCUT2D eigenvalue weighted by molar-refractivity contribution is 5.95. The van der Waals surface area contributed by atoms with E-state index in [0.717, 1.165) is 16.9 Å². The number of nitrogens with one attached hydrogen (secondary N) is 1. The van der Waals surface area contributed by atoms with Gasteiger partial charge < -0.3 is 25.2 Å². The fourth-order valence-electron chi connectivity index (χ4n) is 5.05. The summed E-state index contributed by atoms with van der Waals surface area (Å²) in [7, 11) is 0. The molecule has 0 bridgehead atoms. The third-order valence-corrected chi connectivity index (χ3v) is 7.38. The molecule has 4 atom stereocenters. The maximum atomic E-state index is 14.9. The van der Waals surface area contributed by atoms with Crippen LogP contribution in [0.4, 0.5) is 14.5 Å². The van der Waals surface area contributed by atoms with E-state index in [9.17, 15) is 28.7 Å². The van der Waals surface area contributed by atoms with Crippen LogP contribution >= 0.6 is 0 Å². The molecule has 3 aromatic rings. The summed E-state index contributed by atoms with van der Waals surface area (Å²) in [6.07, 6.45) is 0.641. The molecule has 9 nitrogen and oxygen atoms in total. The van der Waals surface area contributed by atoms with Crippen molar-refractivity contribution in [2.24, 2.45) is 5.92 Å². The molecule has 2 aromatic carbocycles. The number of aliphatic hydroxyl groups excluding tert-OH is 2. The Labute approximate surface area is 235 Å². The van der Waals surface area contributed by atoms with Gasteiger partial charge in [0, 0.05) is 37.0 Å². The van der Waals surface area contributed by atoms with Crippen LogP contribution < -0.4 is 10.1 Å². The van der Waals surface area contributed by atoms with E-state index in [4.69, 9.17) is 9.84 Å². The molecule has 3 N–H and O–H groups in total. The maximum absolute atomic E-state index is 14.9. The Kier molecular flexibility index (Phi) is 7.97. The molecular weight excluding hydrogens is 534 g/mol. The van der Waals surface area contributed by atoms with Crippen molar-refractivity contribution in [3.63, 3.8) is 0 Å². The van der Waals surface area contributed by atoms with Crippen molar-refractivity contribution < 1.29 is 33.3 Å². The normalized spacial score (nSPS) is 21.8. The van der Waals surface area contributed by atoms with Crippen LogP contribution in [-0.2, 0) is 9.59 Å². The second kappa shape index (κ2) is 11.6. The van der Waals surface area contributed by atoms with Crippen LogP contribution in [0.1, 0.15) is 29.9 Å². The van der Waals surface area contributed by atoms with Gasteiger partial charge in [-0.2, -0.15) is 5.26 Å². The Morgan fingerprint density at radius 2 is 2.00 bits per heavy atom.